The maximum Gasteiger partial charge on any atom is 0.317 e. The Morgan fingerprint density at radius 1 is 1.12 bits per heavy atom. The first-order chi connectivity index (χ1) is 16.3. The van der Waals surface area contributed by atoms with E-state index in [4.69, 9.17) is 0 Å². The van der Waals surface area contributed by atoms with Gasteiger partial charge < -0.3 is 10.6 Å². The SMILES string of the molecule is CC1C=C(Nc2ncc(-c3ccc(CC(=O)Nc4ccnc(S(C)(=O)=[OH+])c4)cc3)cn2)C=NC1. The van der Waals surface area contributed by atoms with Gasteiger partial charge in [-0.1, -0.05) is 37.3 Å². The van der Waals surface area contributed by atoms with E-state index in [-0.39, 0.29) is 17.4 Å². The molecule has 3 aromatic rings. The number of pyridine rings is 1. The van der Waals surface area contributed by atoms with E-state index in [1.807, 2.05) is 24.3 Å². The summed E-state index contributed by atoms with van der Waals surface area (Å²) in [5, 5.41) is 5.92. The number of carbonyl (C=O) groups is 1. The zero-order valence-electron chi connectivity index (χ0n) is 18.8. The number of benzene rings is 1. The van der Waals surface area contributed by atoms with Gasteiger partial charge in [0.05, 0.1) is 18.4 Å². The number of amides is 1. The number of allylic oxidation sites excluding steroid dienone is 1. The molecule has 174 valence electrons. The molecule has 2 atom stereocenters. The van der Waals surface area contributed by atoms with Crippen LogP contribution in [0, 0.1) is 5.92 Å². The smallest absolute Gasteiger partial charge is 0.317 e. The summed E-state index contributed by atoms with van der Waals surface area (Å²) in [5.41, 5.74) is 3.93. The topological polar surface area (TPSA) is 131 Å². The first-order valence-electron chi connectivity index (χ1n) is 10.6. The lowest BCUT2D eigenvalue weighted by Crippen LogP contribution is -2.15. The van der Waals surface area contributed by atoms with Crippen molar-refractivity contribution in [3.8, 4) is 11.1 Å². The number of nitrogens with zero attached hydrogens (tertiary/aromatic N) is 4. The largest absolute Gasteiger partial charge is 0.326 e. The zero-order valence-corrected chi connectivity index (χ0v) is 19.6. The van der Waals surface area contributed by atoms with Gasteiger partial charge in [-0.3, -0.25) is 9.79 Å². The Labute approximate surface area is 198 Å². The zero-order chi connectivity index (χ0) is 24.1. The molecule has 0 radical (unpaired) electrons. The molecule has 0 aliphatic carbocycles. The third kappa shape index (κ3) is 6.10. The van der Waals surface area contributed by atoms with Crippen molar-refractivity contribution in [2.75, 3.05) is 23.4 Å². The molecule has 0 bridgehead atoms. The fraction of sp³-hybridized carbons (Fsp3) is 0.208. The van der Waals surface area contributed by atoms with Crippen LogP contribution in [0.4, 0.5) is 11.6 Å². The predicted octanol–water partition coefficient (Wildman–Crippen LogP) is 3.30. The maximum atomic E-state index is 12.4. The quantitative estimate of drug-likeness (QED) is 0.502. The highest BCUT2D eigenvalue weighted by atomic mass is 32.2. The molecule has 0 spiro atoms. The third-order valence-corrected chi connectivity index (χ3v) is 6.05. The van der Waals surface area contributed by atoms with Gasteiger partial charge in [0.2, 0.25) is 16.9 Å². The number of hydrogen-bond acceptors (Lipinski definition) is 7. The van der Waals surface area contributed by atoms with Gasteiger partial charge in [0.15, 0.2) is 0 Å². The van der Waals surface area contributed by atoms with Crippen LogP contribution in [0.15, 0.2) is 76.8 Å². The number of aliphatic imine (C=N–C) groups is 1. The lowest BCUT2D eigenvalue weighted by atomic mass is 10.1. The van der Waals surface area contributed by atoms with Crippen molar-refractivity contribution in [2.24, 2.45) is 10.9 Å². The van der Waals surface area contributed by atoms with Crippen molar-refractivity contribution in [3.05, 3.63) is 72.3 Å². The number of dihydropyridines is 1. The fourth-order valence-corrected chi connectivity index (χ4v) is 3.97. The molecule has 2 aromatic heterocycles. The summed E-state index contributed by atoms with van der Waals surface area (Å²) >= 11 is 0. The Morgan fingerprint density at radius 3 is 2.53 bits per heavy atom. The summed E-state index contributed by atoms with van der Waals surface area (Å²) in [6.45, 7) is 2.89. The van der Waals surface area contributed by atoms with Crippen molar-refractivity contribution >= 4 is 33.6 Å². The summed E-state index contributed by atoms with van der Waals surface area (Å²) in [6.07, 6.45) is 10.1. The van der Waals surface area contributed by atoms with Gasteiger partial charge in [-0.05, 0) is 23.1 Å². The van der Waals surface area contributed by atoms with Crippen molar-refractivity contribution in [3.63, 3.8) is 0 Å². The maximum absolute atomic E-state index is 12.4. The van der Waals surface area contributed by atoms with Crippen molar-refractivity contribution in [2.45, 2.75) is 18.4 Å². The molecule has 4 rings (SSSR count). The lowest BCUT2D eigenvalue weighted by molar-refractivity contribution is -0.115. The van der Waals surface area contributed by atoms with E-state index < -0.39 is 9.84 Å². The molecule has 0 saturated heterocycles. The van der Waals surface area contributed by atoms with Gasteiger partial charge in [-0.15, -0.1) is 0 Å². The highest BCUT2D eigenvalue weighted by Gasteiger charge is 2.15. The van der Waals surface area contributed by atoms with Crippen LogP contribution in [0.3, 0.4) is 0 Å². The van der Waals surface area contributed by atoms with Gasteiger partial charge >= 0.3 is 9.84 Å². The molecular weight excluding hydrogens is 452 g/mol. The van der Waals surface area contributed by atoms with Crippen LogP contribution in [-0.4, -0.2) is 48.3 Å². The molecule has 2 unspecified atom stereocenters. The number of carbonyl (C=O) groups excluding carboxylic acids is 1. The minimum Gasteiger partial charge on any atom is -0.326 e. The van der Waals surface area contributed by atoms with E-state index >= 15 is 0 Å². The summed E-state index contributed by atoms with van der Waals surface area (Å²) in [6, 6.07) is 10.5. The standard InChI is InChI=1S/C24H24N6O3S/c1-16-9-21(15-25-12-16)30-24-27-13-19(14-28-24)18-5-3-17(4-6-18)10-22(31)29-20-7-8-26-23(11-20)34(2,32)33/h3-9,11,13-16H,10,12H2,1-2H3,(H,26,29,31)(H,27,28,30)/p+1. The van der Waals surface area contributed by atoms with Crippen LogP contribution >= 0.6 is 0 Å². The Morgan fingerprint density at radius 2 is 1.85 bits per heavy atom. The first-order valence-corrected chi connectivity index (χ1v) is 12.6. The monoisotopic (exact) mass is 477 g/mol. The van der Waals surface area contributed by atoms with Crippen LogP contribution in [0.2, 0.25) is 0 Å². The molecule has 3 heterocycles. The summed E-state index contributed by atoms with van der Waals surface area (Å²) in [5.74, 6) is 0.645. The Hall–Kier alpha value is -3.92. The van der Waals surface area contributed by atoms with E-state index in [0.29, 0.717) is 17.6 Å². The van der Waals surface area contributed by atoms with Gasteiger partial charge in [-0.25, -0.2) is 19.2 Å². The number of rotatable bonds is 7. The van der Waals surface area contributed by atoms with Gasteiger partial charge in [0.1, 0.15) is 0 Å². The third-order valence-electron chi connectivity index (χ3n) is 5.05. The molecule has 1 aliphatic heterocycles. The van der Waals surface area contributed by atoms with Gasteiger partial charge in [0, 0.05) is 48.7 Å². The van der Waals surface area contributed by atoms with Gasteiger partial charge in [0.25, 0.3) is 0 Å². The predicted molar refractivity (Wildman–Crippen MR) is 133 cm³/mol. The number of hydrogen-bond donors (Lipinski definition) is 2. The van der Waals surface area contributed by atoms with E-state index in [2.05, 4.69) is 43.6 Å². The first kappa shape index (κ1) is 23.2. The Kier molecular flexibility index (Phi) is 6.78. The van der Waals surface area contributed by atoms with Crippen molar-refractivity contribution < 1.29 is 13.2 Å². The molecule has 0 fully saturated rings. The molecule has 9 nitrogen and oxygen atoms in total. The molecular formula is C24H25N6O3S+. The summed E-state index contributed by atoms with van der Waals surface area (Å²) < 4.78 is 21.4. The lowest BCUT2D eigenvalue weighted by Gasteiger charge is -2.12. The second-order valence-corrected chi connectivity index (χ2v) is 10.1. The van der Waals surface area contributed by atoms with Crippen LogP contribution in [0.25, 0.3) is 11.1 Å². The van der Waals surface area contributed by atoms with E-state index in [9.17, 15) is 13.2 Å². The minimum absolute atomic E-state index is 0.0243. The molecule has 3 N–H and O–H groups in total. The van der Waals surface area contributed by atoms with Crippen LogP contribution < -0.4 is 10.6 Å². The number of aromatic nitrogens is 3. The van der Waals surface area contributed by atoms with E-state index in [0.717, 1.165) is 28.9 Å². The van der Waals surface area contributed by atoms with Crippen molar-refractivity contribution in [1.82, 2.24) is 15.0 Å². The van der Waals surface area contributed by atoms with Crippen LogP contribution in [0.5, 0.6) is 0 Å². The highest BCUT2D eigenvalue weighted by molar-refractivity contribution is 7.90. The highest BCUT2D eigenvalue weighted by Crippen LogP contribution is 2.20. The second-order valence-electron chi connectivity index (χ2n) is 8.12. The number of anilines is 2. The average Bonchev–Trinajstić information content (AvgIpc) is 2.80. The van der Waals surface area contributed by atoms with Gasteiger partial charge in [-0.2, -0.15) is 4.21 Å². The van der Waals surface area contributed by atoms with E-state index in [1.54, 1.807) is 24.7 Å². The van der Waals surface area contributed by atoms with Crippen LogP contribution in [-0.2, 0) is 21.1 Å². The molecule has 1 aliphatic rings. The summed E-state index contributed by atoms with van der Waals surface area (Å²) in [7, 11) is -3.20. The van der Waals surface area contributed by atoms with E-state index in [1.165, 1.54) is 18.5 Å². The molecule has 34 heavy (non-hydrogen) atoms. The molecule has 0 saturated carbocycles. The van der Waals surface area contributed by atoms with Crippen LogP contribution in [0.1, 0.15) is 12.5 Å². The average molecular weight is 478 g/mol. The molecule has 10 heteroatoms. The molecule has 1 aromatic carbocycles. The summed E-state index contributed by atoms with van der Waals surface area (Å²) in [4.78, 5) is 29.4. The fourth-order valence-electron chi connectivity index (χ4n) is 3.36. The Balaban J connectivity index is 1.36. The molecule has 1 amide bonds. The normalized spacial score (nSPS) is 16.9. The minimum atomic E-state index is -3.20. The number of nitrogens with one attached hydrogen (secondary N) is 2. The second kappa shape index (κ2) is 9.92. The Bertz CT molecular complexity index is 1350. The van der Waals surface area contributed by atoms with Crippen molar-refractivity contribution in [1.29, 1.82) is 0 Å².